The number of carbonyl (C=O) groups excluding carboxylic acids is 2. The van der Waals surface area contributed by atoms with E-state index in [1.54, 1.807) is 4.90 Å². The first-order valence-corrected chi connectivity index (χ1v) is 7.81. The van der Waals surface area contributed by atoms with Gasteiger partial charge in [-0.15, -0.1) is 0 Å². The lowest BCUT2D eigenvalue weighted by molar-refractivity contribution is -0.144. The Bertz CT molecular complexity index is 327. The predicted octanol–water partition coefficient (Wildman–Crippen LogP) is 1.26. The van der Waals surface area contributed by atoms with Crippen LogP contribution in [-0.2, 0) is 9.59 Å². The highest BCUT2D eigenvalue weighted by Crippen LogP contribution is 2.27. The van der Waals surface area contributed by atoms with Crippen molar-refractivity contribution in [1.29, 1.82) is 0 Å². The maximum atomic E-state index is 12.3. The summed E-state index contributed by atoms with van der Waals surface area (Å²) in [4.78, 5) is 25.7. The average Bonchev–Trinajstić information content (AvgIpc) is 2.77. The molecule has 2 amide bonds. The van der Waals surface area contributed by atoms with Crippen molar-refractivity contribution in [3.05, 3.63) is 0 Å². The van der Waals surface area contributed by atoms with Gasteiger partial charge in [0.25, 0.3) is 0 Å². The van der Waals surface area contributed by atoms with Crippen LogP contribution < -0.4 is 5.32 Å². The highest BCUT2D eigenvalue weighted by molar-refractivity contribution is 8.00. The summed E-state index contributed by atoms with van der Waals surface area (Å²) in [5.74, 6) is 1.70. The molecule has 0 aromatic heterocycles. The Kier molecular flexibility index (Phi) is 4.54. The first-order chi connectivity index (χ1) is 8.56. The van der Waals surface area contributed by atoms with Gasteiger partial charge in [-0.25, -0.2) is 0 Å². The van der Waals surface area contributed by atoms with Crippen molar-refractivity contribution in [2.45, 2.75) is 44.4 Å². The van der Waals surface area contributed by atoms with E-state index in [1.807, 2.05) is 11.8 Å². The van der Waals surface area contributed by atoms with Crippen LogP contribution in [0.4, 0.5) is 0 Å². The van der Waals surface area contributed by atoms with E-state index in [1.165, 1.54) is 18.6 Å². The van der Waals surface area contributed by atoms with E-state index < -0.39 is 0 Å². The van der Waals surface area contributed by atoms with E-state index in [9.17, 15) is 9.59 Å². The number of nitrogens with one attached hydrogen (secondary N) is 1. The first kappa shape index (κ1) is 13.7. The minimum atomic E-state index is -0.308. The molecule has 4 nitrogen and oxygen atoms in total. The van der Waals surface area contributed by atoms with E-state index in [-0.39, 0.29) is 24.4 Å². The van der Waals surface area contributed by atoms with Crippen molar-refractivity contribution < 1.29 is 9.59 Å². The van der Waals surface area contributed by atoms with Crippen LogP contribution in [0.25, 0.3) is 0 Å². The molecule has 0 aromatic rings. The Balaban J connectivity index is 1.95. The second-order valence-corrected chi connectivity index (χ2v) is 7.01. The van der Waals surface area contributed by atoms with Gasteiger partial charge in [-0.2, -0.15) is 11.8 Å². The van der Waals surface area contributed by atoms with E-state index in [0.717, 1.165) is 13.0 Å². The molecule has 2 saturated heterocycles. The third-order valence-corrected chi connectivity index (χ3v) is 4.82. The number of amides is 2. The Labute approximate surface area is 113 Å². The van der Waals surface area contributed by atoms with Crippen molar-refractivity contribution >= 4 is 23.6 Å². The molecule has 5 heteroatoms. The lowest BCUT2D eigenvalue weighted by atomic mass is 10.0. The summed E-state index contributed by atoms with van der Waals surface area (Å²) in [6.45, 7) is 5.13. The molecular weight excluding hydrogens is 248 g/mol. The van der Waals surface area contributed by atoms with Gasteiger partial charge in [0.1, 0.15) is 6.04 Å². The van der Waals surface area contributed by atoms with E-state index >= 15 is 0 Å². The SMILES string of the molecule is CC(C)CC1NC(=O)CN(CC2CCCS2)C1=O. The van der Waals surface area contributed by atoms with E-state index in [4.69, 9.17) is 0 Å². The van der Waals surface area contributed by atoms with Crippen LogP contribution in [0.3, 0.4) is 0 Å². The van der Waals surface area contributed by atoms with Crippen LogP contribution in [0.2, 0.25) is 0 Å². The number of piperazine rings is 1. The third-order valence-electron chi connectivity index (χ3n) is 3.43. The zero-order valence-corrected chi connectivity index (χ0v) is 12.0. The zero-order valence-electron chi connectivity index (χ0n) is 11.1. The molecule has 0 radical (unpaired) electrons. The molecule has 2 aliphatic rings. The molecule has 2 atom stereocenters. The molecule has 0 aliphatic carbocycles. The first-order valence-electron chi connectivity index (χ1n) is 6.76. The van der Waals surface area contributed by atoms with Gasteiger partial charge in [0.05, 0.1) is 6.54 Å². The molecule has 0 saturated carbocycles. The van der Waals surface area contributed by atoms with Gasteiger partial charge in [0, 0.05) is 11.8 Å². The fraction of sp³-hybridized carbons (Fsp3) is 0.846. The molecular formula is C13H22N2O2S. The molecule has 2 heterocycles. The van der Waals surface area contributed by atoms with Gasteiger partial charge in [-0.05, 0) is 30.9 Å². The minimum Gasteiger partial charge on any atom is -0.343 e. The molecule has 2 rings (SSSR count). The Morgan fingerprint density at radius 3 is 2.83 bits per heavy atom. The normalized spacial score (nSPS) is 28.9. The summed E-state index contributed by atoms with van der Waals surface area (Å²) in [6, 6.07) is -0.308. The second kappa shape index (κ2) is 5.95. The van der Waals surface area contributed by atoms with Crippen molar-refractivity contribution in [2.24, 2.45) is 5.92 Å². The molecule has 0 aromatic carbocycles. The molecule has 2 fully saturated rings. The number of carbonyl (C=O) groups is 2. The van der Waals surface area contributed by atoms with Crippen LogP contribution in [0.15, 0.2) is 0 Å². The summed E-state index contributed by atoms with van der Waals surface area (Å²) < 4.78 is 0. The predicted molar refractivity (Wildman–Crippen MR) is 73.4 cm³/mol. The third kappa shape index (κ3) is 3.40. The van der Waals surface area contributed by atoms with Gasteiger partial charge in [-0.1, -0.05) is 13.8 Å². The van der Waals surface area contributed by atoms with Crippen LogP contribution in [-0.4, -0.2) is 46.8 Å². The lowest BCUT2D eigenvalue weighted by Crippen LogP contribution is -2.59. The number of rotatable bonds is 4. The maximum absolute atomic E-state index is 12.3. The smallest absolute Gasteiger partial charge is 0.245 e. The van der Waals surface area contributed by atoms with Crippen LogP contribution >= 0.6 is 11.8 Å². The molecule has 0 bridgehead atoms. The second-order valence-electron chi connectivity index (χ2n) is 5.60. The topological polar surface area (TPSA) is 49.4 Å². The lowest BCUT2D eigenvalue weighted by Gasteiger charge is -2.34. The van der Waals surface area contributed by atoms with Gasteiger partial charge in [0.15, 0.2) is 0 Å². The molecule has 0 spiro atoms. The van der Waals surface area contributed by atoms with Crippen molar-refractivity contribution in [3.63, 3.8) is 0 Å². The number of hydrogen-bond donors (Lipinski definition) is 1. The molecule has 2 unspecified atom stereocenters. The summed E-state index contributed by atoms with van der Waals surface area (Å²) in [5.41, 5.74) is 0. The Morgan fingerprint density at radius 2 is 2.22 bits per heavy atom. The van der Waals surface area contributed by atoms with Crippen molar-refractivity contribution in [1.82, 2.24) is 10.2 Å². The van der Waals surface area contributed by atoms with Crippen molar-refractivity contribution in [3.8, 4) is 0 Å². The van der Waals surface area contributed by atoms with E-state index in [2.05, 4.69) is 19.2 Å². The summed E-state index contributed by atoms with van der Waals surface area (Å²) in [5, 5.41) is 3.34. The minimum absolute atomic E-state index is 0.0109. The van der Waals surface area contributed by atoms with Crippen LogP contribution in [0, 0.1) is 5.92 Å². The van der Waals surface area contributed by atoms with Crippen LogP contribution in [0.1, 0.15) is 33.1 Å². The summed E-state index contributed by atoms with van der Waals surface area (Å²) in [6.07, 6.45) is 3.14. The van der Waals surface area contributed by atoms with Crippen molar-refractivity contribution in [2.75, 3.05) is 18.8 Å². The highest BCUT2D eigenvalue weighted by Gasteiger charge is 2.34. The molecule has 2 aliphatic heterocycles. The monoisotopic (exact) mass is 270 g/mol. The maximum Gasteiger partial charge on any atom is 0.245 e. The highest BCUT2D eigenvalue weighted by atomic mass is 32.2. The molecule has 1 N–H and O–H groups in total. The number of thioether (sulfide) groups is 1. The quantitative estimate of drug-likeness (QED) is 0.836. The number of nitrogens with zero attached hydrogens (tertiary/aromatic N) is 1. The standard InChI is InChI=1S/C13H22N2O2S/c1-9(2)6-11-13(17)15(8-12(16)14-11)7-10-4-3-5-18-10/h9-11H,3-8H2,1-2H3,(H,14,16). The van der Waals surface area contributed by atoms with E-state index in [0.29, 0.717) is 11.2 Å². The fourth-order valence-corrected chi connectivity index (χ4v) is 3.88. The Hall–Kier alpha value is -0.710. The van der Waals surface area contributed by atoms with Gasteiger partial charge in [-0.3, -0.25) is 9.59 Å². The summed E-state index contributed by atoms with van der Waals surface area (Å²) >= 11 is 1.93. The number of hydrogen-bond acceptors (Lipinski definition) is 3. The van der Waals surface area contributed by atoms with Gasteiger partial charge in [0.2, 0.25) is 11.8 Å². The summed E-state index contributed by atoms with van der Waals surface area (Å²) in [7, 11) is 0. The molecule has 18 heavy (non-hydrogen) atoms. The average molecular weight is 270 g/mol. The zero-order chi connectivity index (χ0) is 13.1. The largest absolute Gasteiger partial charge is 0.343 e. The van der Waals surface area contributed by atoms with Gasteiger partial charge >= 0.3 is 0 Å². The van der Waals surface area contributed by atoms with Crippen LogP contribution in [0.5, 0.6) is 0 Å². The Morgan fingerprint density at radius 1 is 1.44 bits per heavy atom. The molecule has 102 valence electrons. The fourth-order valence-electron chi connectivity index (χ4n) is 2.59. The van der Waals surface area contributed by atoms with Gasteiger partial charge < -0.3 is 10.2 Å².